The molecule has 2 fully saturated rings. The van der Waals surface area contributed by atoms with Gasteiger partial charge in [-0.3, -0.25) is 4.90 Å². The topological polar surface area (TPSA) is 56.6 Å². The number of piperidine rings is 1. The third kappa shape index (κ3) is 4.99. The Hall–Kier alpha value is -1.03. The maximum atomic E-state index is 10.9. The largest absolute Gasteiger partial charge is 1.00 e. The van der Waals surface area contributed by atoms with Crippen LogP contribution in [0.2, 0.25) is 0 Å². The Balaban J connectivity index is 0.00000225. The van der Waals surface area contributed by atoms with Crippen LogP contribution in [0.4, 0.5) is 5.69 Å². The average Bonchev–Trinajstić information content (AvgIpc) is 2.64. The number of hydrogen-bond donors (Lipinski definition) is 0. The second-order valence-corrected chi connectivity index (χ2v) is 6.75. The molecule has 0 aliphatic carbocycles. The van der Waals surface area contributed by atoms with Crippen LogP contribution in [0.15, 0.2) is 30.5 Å². The van der Waals surface area contributed by atoms with E-state index in [1.807, 2.05) is 30.3 Å². The molecule has 0 N–H and O–H groups in total. The zero-order chi connectivity index (χ0) is 16.9. The minimum Gasteiger partial charge on any atom is -0.877 e. The first-order valence-electron chi connectivity index (χ1n) is 8.71. The number of nitriles is 1. The molecule has 128 valence electrons. The van der Waals surface area contributed by atoms with Crippen molar-refractivity contribution >= 4 is 11.3 Å². The Kier molecular flexibility index (Phi) is 7.80. The van der Waals surface area contributed by atoms with Crippen molar-refractivity contribution < 1.29 is 34.7 Å². The standard InChI is InChI=1S/C19H26N4O.Na/c1-21-8-6-19(7-9-21)23-12-10-22(11-13-23)18-4-2-16(3-5-18)17(14-20)15-24;/h2-5,15,19,24H,6-13H2,1H3;/q;+1/p-1/b17-15-;. The molecule has 1 aromatic rings. The van der Waals surface area contributed by atoms with Crippen LogP contribution < -0.4 is 39.6 Å². The van der Waals surface area contributed by atoms with E-state index in [2.05, 4.69) is 21.7 Å². The van der Waals surface area contributed by atoms with Gasteiger partial charge in [-0.1, -0.05) is 12.1 Å². The van der Waals surface area contributed by atoms with Crippen LogP contribution in [0.3, 0.4) is 0 Å². The molecular formula is C19H25N4NaO. The van der Waals surface area contributed by atoms with E-state index >= 15 is 0 Å². The molecule has 0 unspecified atom stereocenters. The molecule has 0 aromatic heterocycles. The van der Waals surface area contributed by atoms with Crippen LogP contribution in [-0.4, -0.2) is 62.2 Å². The Morgan fingerprint density at radius 1 is 1.08 bits per heavy atom. The predicted octanol–water partition coefficient (Wildman–Crippen LogP) is -1.87. The zero-order valence-corrected chi connectivity index (χ0v) is 17.3. The molecular weight excluding hydrogens is 323 g/mol. The van der Waals surface area contributed by atoms with Crippen molar-refractivity contribution in [1.82, 2.24) is 9.80 Å². The van der Waals surface area contributed by atoms with E-state index in [0.717, 1.165) is 32.2 Å². The van der Waals surface area contributed by atoms with Gasteiger partial charge in [0.1, 0.15) is 0 Å². The van der Waals surface area contributed by atoms with Gasteiger partial charge in [-0.2, -0.15) is 5.26 Å². The van der Waals surface area contributed by atoms with Crippen molar-refractivity contribution in [3.8, 4) is 6.07 Å². The number of allylic oxidation sites excluding steroid dienone is 1. The molecule has 0 radical (unpaired) electrons. The van der Waals surface area contributed by atoms with Crippen molar-refractivity contribution in [1.29, 1.82) is 5.26 Å². The first kappa shape index (κ1) is 20.3. The Labute approximate surface area is 172 Å². The molecule has 2 heterocycles. The van der Waals surface area contributed by atoms with Crippen molar-refractivity contribution in [3.63, 3.8) is 0 Å². The van der Waals surface area contributed by atoms with E-state index in [-0.39, 0.29) is 35.1 Å². The van der Waals surface area contributed by atoms with Gasteiger partial charge in [-0.05, 0) is 50.7 Å². The molecule has 0 bridgehead atoms. The summed E-state index contributed by atoms with van der Waals surface area (Å²) in [7, 11) is 2.21. The van der Waals surface area contributed by atoms with Gasteiger partial charge in [0.15, 0.2) is 0 Å². The van der Waals surface area contributed by atoms with Gasteiger partial charge in [0, 0.05) is 43.5 Å². The number of likely N-dealkylation sites (tertiary alicyclic amines) is 1. The number of piperazine rings is 1. The minimum atomic E-state index is 0. The van der Waals surface area contributed by atoms with Crippen LogP contribution in [0.25, 0.3) is 5.57 Å². The Morgan fingerprint density at radius 3 is 2.20 bits per heavy atom. The van der Waals surface area contributed by atoms with Gasteiger partial charge in [0.05, 0.1) is 6.07 Å². The van der Waals surface area contributed by atoms with Gasteiger partial charge in [-0.15, -0.1) is 6.26 Å². The van der Waals surface area contributed by atoms with Gasteiger partial charge < -0.3 is 14.9 Å². The van der Waals surface area contributed by atoms with Crippen LogP contribution in [-0.2, 0) is 0 Å². The van der Waals surface area contributed by atoms with Gasteiger partial charge in [0.25, 0.3) is 0 Å². The Morgan fingerprint density at radius 2 is 1.68 bits per heavy atom. The summed E-state index contributed by atoms with van der Waals surface area (Å²) in [6.45, 7) is 6.71. The number of rotatable bonds is 3. The smallest absolute Gasteiger partial charge is 0.877 e. The fraction of sp³-hybridized carbons (Fsp3) is 0.526. The second-order valence-electron chi connectivity index (χ2n) is 6.75. The molecule has 1 aromatic carbocycles. The quantitative estimate of drug-likeness (QED) is 0.364. The van der Waals surface area contributed by atoms with Gasteiger partial charge in [-0.25, -0.2) is 0 Å². The minimum absolute atomic E-state index is 0. The number of nitrogens with zero attached hydrogens (tertiary/aromatic N) is 4. The summed E-state index contributed by atoms with van der Waals surface area (Å²) < 4.78 is 0. The average molecular weight is 348 g/mol. The van der Waals surface area contributed by atoms with E-state index in [9.17, 15) is 5.11 Å². The van der Waals surface area contributed by atoms with Gasteiger partial charge in [0.2, 0.25) is 0 Å². The molecule has 0 saturated carbocycles. The van der Waals surface area contributed by atoms with Crippen LogP contribution in [0.5, 0.6) is 0 Å². The molecule has 3 rings (SSSR count). The van der Waals surface area contributed by atoms with Crippen molar-refractivity contribution in [3.05, 3.63) is 36.1 Å². The van der Waals surface area contributed by atoms with Crippen LogP contribution in [0.1, 0.15) is 18.4 Å². The summed E-state index contributed by atoms with van der Waals surface area (Å²) in [6, 6.07) is 10.4. The van der Waals surface area contributed by atoms with E-state index in [1.165, 1.54) is 31.6 Å². The molecule has 25 heavy (non-hydrogen) atoms. The fourth-order valence-electron chi connectivity index (χ4n) is 3.72. The molecule has 5 nitrogen and oxygen atoms in total. The summed E-state index contributed by atoms with van der Waals surface area (Å²) in [5.41, 5.74) is 2.06. The maximum absolute atomic E-state index is 10.9. The number of anilines is 1. The van der Waals surface area contributed by atoms with Crippen molar-refractivity contribution in [2.75, 3.05) is 51.2 Å². The van der Waals surface area contributed by atoms with Crippen molar-refractivity contribution in [2.24, 2.45) is 0 Å². The summed E-state index contributed by atoms with van der Waals surface area (Å²) >= 11 is 0. The number of benzene rings is 1. The fourth-order valence-corrected chi connectivity index (χ4v) is 3.72. The van der Waals surface area contributed by atoms with Crippen LogP contribution >= 0.6 is 0 Å². The van der Waals surface area contributed by atoms with Crippen molar-refractivity contribution in [2.45, 2.75) is 18.9 Å². The third-order valence-electron chi connectivity index (χ3n) is 5.30. The maximum Gasteiger partial charge on any atom is 1.00 e. The normalized spacial score (nSPS) is 20.8. The molecule has 0 atom stereocenters. The van der Waals surface area contributed by atoms with Crippen LogP contribution in [0, 0.1) is 11.3 Å². The van der Waals surface area contributed by atoms with E-state index < -0.39 is 0 Å². The monoisotopic (exact) mass is 348 g/mol. The van der Waals surface area contributed by atoms with E-state index in [1.54, 1.807) is 0 Å². The summed E-state index contributed by atoms with van der Waals surface area (Å²) in [6.07, 6.45) is 3.18. The van der Waals surface area contributed by atoms with E-state index in [0.29, 0.717) is 11.8 Å². The predicted molar refractivity (Wildman–Crippen MR) is 94.3 cm³/mol. The molecule has 2 aliphatic heterocycles. The molecule has 0 spiro atoms. The van der Waals surface area contributed by atoms with E-state index in [4.69, 9.17) is 5.26 Å². The first-order valence-corrected chi connectivity index (χ1v) is 8.71. The summed E-state index contributed by atoms with van der Waals surface area (Å²) in [4.78, 5) is 7.45. The summed E-state index contributed by atoms with van der Waals surface area (Å²) in [5.74, 6) is 0. The second kappa shape index (κ2) is 9.61. The third-order valence-corrected chi connectivity index (χ3v) is 5.30. The Bertz CT molecular complexity index is 609. The molecule has 6 heteroatoms. The summed E-state index contributed by atoms with van der Waals surface area (Å²) in [5, 5.41) is 19.8. The SMILES string of the molecule is CN1CCC(N2CCN(c3ccc(/C(C#N)=C\[O-])cc3)CC2)CC1.[Na+]. The molecule has 2 saturated heterocycles. The van der Waals surface area contributed by atoms with Gasteiger partial charge >= 0.3 is 29.6 Å². The first-order chi connectivity index (χ1) is 11.7. The molecule has 0 amide bonds. The number of hydrogen-bond acceptors (Lipinski definition) is 5. The zero-order valence-electron chi connectivity index (χ0n) is 15.3. The molecule has 2 aliphatic rings.